The molecule has 1 aromatic carbocycles. The summed E-state index contributed by atoms with van der Waals surface area (Å²) in [5, 5.41) is 0.619. The summed E-state index contributed by atoms with van der Waals surface area (Å²) in [6, 6.07) is 3.71. The van der Waals surface area contributed by atoms with E-state index in [1.54, 1.807) is 13.0 Å². The SMILES string of the molecule is Cc1nc2cc(C)c(Br)cc2c(=O)[nH]1. The normalized spacial score (nSPS) is 10.8. The van der Waals surface area contributed by atoms with Gasteiger partial charge in [-0.1, -0.05) is 15.9 Å². The zero-order chi connectivity index (χ0) is 10.3. The van der Waals surface area contributed by atoms with Gasteiger partial charge in [-0.05, 0) is 31.5 Å². The molecule has 2 rings (SSSR count). The third-order valence-electron chi connectivity index (χ3n) is 2.10. The lowest BCUT2D eigenvalue weighted by Gasteiger charge is -2.01. The Morgan fingerprint density at radius 2 is 2.07 bits per heavy atom. The van der Waals surface area contributed by atoms with Crippen molar-refractivity contribution in [3.8, 4) is 0 Å². The molecule has 0 amide bonds. The molecule has 1 heterocycles. The Bertz CT molecular complexity index is 560. The number of nitrogens with zero attached hydrogens (tertiary/aromatic N) is 1. The number of nitrogens with one attached hydrogen (secondary N) is 1. The van der Waals surface area contributed by atoms with E-state index in [1.165, 1.54) is 0 Å². The number of halogens is 1. The molecular weight excluding hydrogens is 244 g/mol. The van der Waals surface area contributed by atoms with Crippen molar-refractivity contribution in [2.75, 3.05) is 0 Å². The fourth-order valence-corrected chi connectivity index (χ4v) is 1.72. The second-order valence-corrected chi connectivity index (χ2v) is 4.12. The van der Waals surface area contributed by atoms with Crippen LogP contribution in [0.3, 0.4) is 0 Å². The average Bonchev–Trinajstić information content (AvgIpc) is 2.08. The molecule has 0 saturated heterocycles. The summed E-state index contributed by atoms with van der Waals surface area (Å²) >= 11 is 3.39. The first kappa shape index (κ1) is 9.40. The minimum absolute atomic E-state index is 0.0896. The molecule has 2 aromatic rings. The van der Waals surface area contributed by atoms with Crippen molar-refractivity contribution in [3.63, 3.8) is 0 Å². The van der Waals surface area contributed by atoms with Crippen LogP contribution in [0.15, 0.2) is 21.4 Å². The predicted molar refractivity (Wildman–Crippen MR) is 59.5 cm³/mol. The second kappa shape index (κ2) is 3.20. The van der Waals surface area contributed by atoms with E-state index in [-0.39, 0.29) is 5.56 Å². The minimum Gasteiger partial charge on any atom is -0.310 e. The molecule has 0 saturated carbocycles. The quantitative estimate of drug-likeness (QED) is 0.782. The molecule has 0 fully saturated rings. The lowest BCUT2D eigenvalue weighted by Crippen LogP contribution is -2.09. The molecule has 0 bridgehead atoms. The van der Waals surface area contributed by atoms with Crippen LogP contribution in [0.4, 0.5) is 0 Å². The van der Waals surface area contributed by atoms with Gasteiger partial charge in [-0.2, -0.15) is 0 Å². The number of rotatable bonds is 0. The third kappa shape index (κ3) is 1.46. The fourth-order valence-electron chi connectivity index (χ4n) is 1.38. The van der Waals surface area contributed by atoms with Crippen molar-refractivity contribution in [1.82, 2.24) is 9.97 Å². The van der Waals surface area contributed by atoms with Gasteiger partial charge < -0.3 is 4.98 Å². The average molecular weight is 253 g/mol. The highest BCUT2D eigenvalue weighted by atomic mass is 79.9. The van der Waals surface area contributed by atoms with E-state index in [0.717, 1.165) is 15.6 Å². The van der Waals surface area contributed by atoms with Crippen LogP contribution in [0.1, 0.15) is 11.4 Å². The Morgan fingerprint density at radius 1 is 1.36 bits per heavy atom. The maximum atomic E-state index is 11.5. The number of fused-ring (bicyclic) bond motifs is 1. The van der Waals surface area contributed by atoms with Gasteiger partial charge in [0, 0.05) is 4.47 Å². The molecule has 0 aliphatic carbocycles. The van der Waals surface area contributed by atoms with Crippen LogP contribution in [0.2, 0.25) is 0 Å². The number of benzene rings is 1. The summed E-state index contributed by atoms with van der Waals surface area (Å²) in [7, 11) is 0. The number of aromatic nitrogens is 2. The molecule has 0 aliphatic heterocycles. The van der Waals surface area contributed by atoms with E-state index in [1.807, 2.05) is 13.0 Å². The van der Waals surface area contributed by atoms with Crippen LogP contribution in [-0.4, -0.2) is 9.97 Å². The van der Waals surface area contributed by atoms with Crippen LogP contribution < -0.4 is 5.56 Å². The molecule has 0 radical (unpaired) electrons. The molecule has 1 aromatic heterocycles. The molecule has 0 aliphatic rings. The Kier molecular flexibility index (Phi) is 2.15. The van der Waals surface area contributed by atoms with Gasteiger partial charge in [0.15, 0.2) is 0 Å². The topological polar surface area (TPSA) is 45.8 Å². The molecule has 0 atom stereocenters. The standard InChI is InChI=1S/C10H9BrN2O/c1-5-3-9-7(4-8(5)11)10(14)13-6(2)12-9/h3-4H,1-2H3,(H,12,13,14). The van der Waals surface area contributed by atoms with Gasteiger partial charge in [-0.3, -0.25) is 4.79 Å². The van der Waals surface area contributed by atoms with Crippen LogP contribution >= 0.6 is 15.9 Å². The molecule has 4 heteroatoms. The molecule has 72 valence electrons. The van der Waals surface area contributed by atoms with E-state index in [2.05, 4.69) is 25.9 Å². The van der Waals surface area contributed by atoms with Crippen molar-refractivity contribution in [1.29, 1.82) is 0 Å². The van der Waals surface area contributed by atoms with E-state index in [9.17, 15) is 4.79 Å². The number of aromatic amines is 1. The van der Waals surface area contributed by atoms with Crippen molar-refractivity contribution in [2.45, 2.75) is 13.8 Å². The highest BCUT2D eigenvalue weighted by Gasteiger charge is 2.04. The zero-order valence-electron chi connectivity index (χ0n) is 7.89. The highest BCUT2D eigenvalue weighted by molar-refractivity contribution is 9.10. The Labute approximate surface area is 89.3 Å². The van der Waals surface area contributed by atoms with Gasteiger partial charge in [0.2, 0.25) is 0 Å². The molecular formula is C10H9BrN2O. The van der Waals surface area contributed by atoms with Crippen molar-refractivity contribution >= 4 is 26.8 Å². The van der Waals surface area contributed by atoms with Crippen LogP contribution in [0, 0.1) is 13.8 Å². The van der Waals surface area contributed by atoms with Gasteiger partial charge in [-0.15, -0.1) is 0 Å². The summed E-state index contributed by atoms with van der Waals surface area (Å²) in [6.45, 7) is 3.75. The van der Waals surface area contributed by atoms with Crippen molar-refractivity contribution in [2.24, 2.45) is 0 Å². The lowest BCUT2D eigenvalue weighted by molar-refractivity contribution is 1.06. The van der Waals surface area contributed by atoms with Gasteiger partial charge in [0.05, 0.1) is 10.9 Å². The first-order chi connectivity index (χ1) is 6.58. The monoisotopic (exact) mass is 252 g/mol. The summed E-state index contributed by atoms with van der Waals surface area (Å²) in [4.78, 5) is 18.5. The Hall–Kier alpha value is -1.16. The Balaban J connectivity index is 2.96. The van der Waals surface area contributed by atoms with Crippen LogP contribution in [0.5, 0.6) is 0 Å². The lowest BCUT2D eigenvalue weighted by atomic mass is 10.2. The molecule has 0 spiro atoms. The van der Waals surface area contributed by atoms with Gasteiger partial charge in [-0.25, -0.2) is 4.98 Å². The first-order valence-electron chi connectivity index (χ1n) is 4.25. The van der Waals surface area contributed by atoms with Gasteiger partial charge >= 0.3 is 0 Å². The maximum Gasteiger partial charge on any atom is 0.258 e. The number of aryl methyl sites for hydroxylation is 2. The molecule has 0 unspecified atom stereocenters. The fraction of sp³-hybridized carbons (Fsp3) is 0.200. The van der Waals surface area contributed by atoms with Crippen molar-refractivity contribution < 1.29 is 0 Å². The van der Waals surface area contributed by atoms with Gasteiger partial charge in [0.25, 0.3) is 5.56 Å². The first-order valence-corrected chi connectivity index (χ1v) is 5.04. The van der Waals surface area contributed by atoms with E-state index in [0.29, 0.717) is 11.2 Å². The number of hydrogen-bond donors (Lipinski definition) is 1. The molecule has 1 N–H and O–H groups in total. The molecule has 3 nitrogen and oxygen atoms in total. The van der Waals surface area contributed by atoms with E-state index in [4.69, 9.17) is 0 Å². The summed E-state index contributed by atoms with van der Waals surface area (Å²) < 4.78 is 0.932. The largest absolute Gasteiger partial charge is 0.310 e. The number of H-pyrrole nitrogens is 1. The smallest absolute Gasteiger partial charge is 0.258 e. The maximum absolute atomic E-state index is 11.5. The summed E-state index contributed by atoms with van der Waals surface area (Å²) in [5.41, 5.74) is 1.73. The van der Waals surface area contributed by atoms with Crippen LogP contribution in [0.25, 0.3) is 10.9 Å². The summed E-state index contributed by atoms with van der Waals surface area (Å²) in [5.74, 6) is 0.643. The Morgan fingerprint density at radius 3 is 2.79 bits per heavy atom. The minimum atomic E-state index is -0.0896. The summed E-state index contributed by atoms with van der Waals surface area (Å²) in [6.07, 6.45) is 0. The molecule has 14 heavy (non-hydrogen) atoms. The van der Waals surface area contributed by atoms with Crippen molar-refractivity contribution in [3.05, 3.63) is 38.3 Å². The van der Waals surface area contributed by atoms with E-state index >= 15 is 0 Å². The zero-order valence-corrected chi connectivity index (χ0v) is 9.47. The second-order valence-electron chi connectivity index (χ2n) is 3.27. The third-order valence-corrected chi connectivity index (χ3v) is 2.96. The van der Waals surface area contributed by atoms with Gasteiger partial charge in [0.1, 0.15) is 5.82 Å². The van der Waals surface area contributed by atoms with Crippen LogP contribution in [-0.2, 0) is 0 Å². The highest BCUT2D eigenvalue weighted by Crippen LogP contribution is 2.20. The number of hydrogen-bond acceptors (Lipinski definition) is 2. The van der Waals surface area contributed by atoms with E-state index < -0.39 is 0 Å². The predicted octanol–water partition coefficient (Wildman–Crippen LogP) is 2.30.